The largest absolute Gasteiger partial charge is 0.409 e. The van der Waals surface area contributed by atoms with Gasteiger partial charge in [-0.3, -0.25) is 9.69 Å². The quantitative estimate of drug-likeness (QED) is 0.348. The number of hydrogen-bond acceptors (Lipinski definition) is 4. The molecule has 1 atom stereocenters. The molecule has 2 heterocycles. The third-order valence-electron chi connectivity index (χ3n) is 4.64. The Labute approximate surface area is 120 Å². The summed E-state index contributed by atoms with van der Waals surface area (Å²) >= 11 is 0. The van der Waals surface area contributed by atoms with Crippen LogP contribution in [0.4, 0.5) is 0 Å². The van der Waals surface area contributed by atoms with Gasteiger partial charge in [0.2, 0.25) is 5.91 Å². The lowest BCUT2D eigenvalue weighted by Crippen LogP contribution is -2.48. The predicted molar refractivity (Wildman–Crippen MR) is 77.6 cm³/mol. The van der Waals surface area contributed by atoms with Crippen LogP contribution in [0.15, 0.2) is 5.16 Å². The maximum Gasteiger partial charge on any atom is 0.236 e. The van der Waals surface area contributed by atoms with E-state index in [-0.39, 0.29) is 11.7 Å². The highest BCUT2D eigenvalue weighted by atomic mass is 16.4. The lowest BCUT2D eigenvalue weighted by atomic mass is 9.90. The number of nitrogens with two attached hydrogens (primary N) is 1. The SMILES string of the molecule is CC(C)(C(=O)N1CCC(N2CCCCC2)C1)C(N)=NO. The van der Waals surface area contributed by atoms with Gasteiger partial charge >= 0.3 is 0 Å². The molecule has 2 rings (SSSR count). The summed E-state index contributed by atoms with van der Waals surface area (Å²) < 4.78 is 0. The van der Waals surface area contributed by atoms with Crippen molar-refractivity contribution in [3.05, 3.63) is 0 Å². The molecule has 0 aromatic rings. The molecule has 0 aromatic carbocycles. The normalized spacial score (nSPS) is 26.0. The Morgan fingerprint density at radius 2 is 1.90 bits per heavy atom. The van der Waals surface area contributed by atoms with Crippen molar-refractivity contribution in [2.24, 2.45) is 16.3 Å². The molecule has 2 aliphatic rings. The summed E-state index contributed by atoms with van der Waals surface area (Å²) in [5, 5.41) is 11.8. The summed E-state index contributed by atoms with van der Waals surface area (Å²) in [7, 11) is 0. The van der Waals surface area contributed by atoms with E-state index in [1.54, 1.807) is 13.8 Å². The van der Waals surface area contributed by atoms with Gasteiger partial charge < -0.3 is 15.8 Å². The summed E-state index contributed by atoms with van der Waals surface area (Å²) in [5.41, 5.74) is 4.70. The highest BCUT2D eigenvalue weighted by Crippen LogP contribution is 2.25. The first-order valence-electron chi connectivity index (χ1n) is 7.48. The van der Waals surface area contributed by atoms with Gasteiger partial charge in [-0.25, -0.2) is 0 Å². The van der Waals surface area contributed by atoms with Crippen LogP contribution in [0, 0.1) is 5.41 Å². The maximum atomic E-state index is 12.5. The zero-order chi connectivity index (χ0) is 14.8. The third kappa shape index (κ3) is 2.90. The fourth-order valence-electron chi connectivity index (χ4n) is 3.14. The molecular formula is C14H26N4O2. The highest BCUT2D eigenvalue weighted by molar-refractivity contribution is 6.05. The van der Waals surface area contributed by atoms with Crippen molar-refractivity contribution in [2.45, 2.75) is 45.6 Å². The second-order valence-electron chi connectivity index (χ2n) is 6.40. The average Bonchev–Trinajstić information content (AvgIpc) is 2.96. The van der Waals surface area contributed by atoms with Crippen LogP contribution < -0.4 is 5.73 Å². The van der Waals surface area contributed by atoms with Crippen molar-refractivity contribution in [3.63, 3.8) is 0 Å². The van der Waals surface area contributed by atoms with E-state index in [1.807, 2.05) is 4.90 Å². The molecule has 0 radical (unpaired) electrons. The molecule has 1 amide bonds. The van der Waals surface area contributed by atoms with Crippen LogP contribution in [-0.2, 0) is 4.79 Å². The third-order valence-corrected chi connectivity index (χ3v) is 4.64. The molecule has 0 aromatic heterocycles. The zero-order valence-electron chi connectivity index (χ0n) is 12.5. The number of carbonyl (C=O) groups is 1. The number of piperidine rings is 1. The van der Waals surface area contributed by atoms with E-state index in [2.05, 4.69) is 10.1 Å². The van der Waals surface area contributed by atoms with Crippen LogP contribution in [0.2, 0.25) is 0 Å². The lowest BCUT2D eigenvalue weighted by molar-refractivity contribution is -0.136. The van der Waals surface area contributed by atoms with Gasteiger partial charge in [-0.2, -0.15) is 0 Å². The van der Waals surface area contributed by atoms with Gasteiger partial charge in [0, 0.05) is 19.1 Å². The number of likely N-dealkylation sites (tertiary alicyclic amines) is 2. The number of amidine groups is 1. The molecule has 0 bridgehead atoms. The molecule has 2 aliphatic heterocycles. The molecule has 3 N–H and O–H groups in total. The highest BCUT2D eigenvalue weighted by Gasteiger charge is 2.40. The van der Waals surface area contributed by atoms with E-state index in [1.165, 1.54) is 19.3 Å². The summed E-state index contributed by atoms with van der Waals surface area (Å²) in [4.78, 5) is 16.9. The molecule has 0 spiro atoms. The smallest absolute Gasteiger partial charge is 0.236 e. The molecule has 0 saturated carbocycles. The van der Waals surface area contributed by atoms with Crippen LogP contribution in [0.3, 0.4) is 0 Å². The summed E-state index contributed by atoms with van der Waals surface area (Å²) in [6.07, 6.45) is 4.88. The van der Waals surface area contributed by atoms with Crippen LogP contribution in [0.1, 0.15) is 39.5 Å². The molecule has 6 heteroatoms. The van der Waals surface area contributed by atoms with Gasteiger partial charge in [-0.05, 0) is 46.2 Å². The molecule has 1 unspecified atom stereocenters. The molecule has 20 heavy (non-hydrogen) atoms. The van der Waals surface area contributed by atoms with Crippen molar-refractivity contribution in [3.8, 4) is 0 Å². The minimum absolute atomic E-state index is 0.0241. The number of carbonyl (C=O) groups excluding carboxylic acids is 1. The Hall–Kier alpha value is -1.30. The van der Waals surface area contributed by atoms with Gasteiger partial charge in [0.1, 0.15) is 5.41 Å². The van der Waals surface area contributed by atoms with Gasteiger partial charge in [0.15, 0.2) is 5.84 Å². The minimum atomic E-state index is -0.939. The Morgan fingerprint density at radius 3 is 2.50 bits per heavy atom. The molecule has 114 valence electrons. The first-order chi connectivity index (χ1) is 9.46. The standard InChI is InChI=1S/C14H26N4O2/c1-14(2,12(15)16-20)13(19)18-9-6-11(10-18)17-7-4-3-5-8-17/h11,20H,3-10H2,1-2H3,(H2,15,16). The number of amides is 1. The van der Waals surface area contributed by atoms with E-state index < -0.39 is 5.41 Å². The summed E-state index contributed by atoms with van der Waals surface area (Å²) in [5.74, 6) is -0.0729. The first kappa shape index (κ1) is 15.1. The molecule has 0 aliphatic carbocycles. The second-order valence-corrected chi connectivity index (χ2v) is 6.40. The molecule has 2 saturated heterocycles. The van der Waals surface area contributed by atoms with E-state index >= 15 is 0 Å². The molecular weight excluding hydrogens is 256 g/mol. The molecule has 2 fully saturated rings. The number of rotatable bonds is 3. The van der Waals surface area contributed by atoms with Crippen molar-refractivity contribution in [1.29, 1.82) is 0 Å². The van der Waals surface area contributed by atoms with Gasteiger partial charge in [-0.15, -0.1) is 0 Å². The van der Waals surface area contributed by atoms with E-state index in [0.29, 0.717) is 6.04 Å². The zero-order valence-corrected chi connectivity index (χ0v) is 12.5. The fraction of sp³-hybridized carbons (Fsp3) is 0.857. The summed E-state index contributed by atoms with van der Waals surface area (Å²) in [6, 6.07) is 0.474. The first-order valence-corrected chi connectivity index (χ1v) is 7.48. The van der Waals surface area contributed by atoms with Crippen molar-refractivity contribution in [2.75, 3.05) is 26.2 Å². The Balaban J connectivity index is 1.96. The van der Waals surface area contributed by atoms with E-state index in [9.17, 15) is 4.79 Å². The van der Waals surface area contributed by atoms with Crippen molar-refractivity contribution >= 4 is 11.7 Å². The second kappa shape index (κ2) is 5.99. The fourth-order valence-corrected chi connectivity index (χ4v) is 3.14. The minimum Gasteiger partial charge on any atom is -0.409 e. The van der Waals surface area contributed by atoms with Crippen molar-refractivity contribution < 1.29 is 10.0 Å². The number of nitrogens with zero attached hydrogens (tertiary/aromatic N) is 3. The van der Waals surface area contributed by atoms with Crippen LogP contribution in [0.25, 0.3) is 0 Å². The topological polar surface area (TPSA) is 82.2 Å². The van der Waals surface area contributed by atoms with E-state index in [4.69, 9.17) is 10.9 Å². The number of hydrogen-bond donors (Lipinski definition) is 2. The number of oxime groups is 1. The average molecular weight is 282 g/mol. The van der Waals surface area contributed by atoms with E-state index in [0.717, 1.165) is 32.6 Å². The van der Waals surface area contributed by atoms with Gasteiger partial charge in [0.05, 0.1) is 0 Å². The Bertz CT molecular complexity index is 389. The van der Waals surface area contributed by atoms with Crippen LogP contribution in [-0.4, -0.2) is 59.0 Å². The summed E-state index contributed by atoms with van der Waals surface area (Å²) in [6.45, 7) is 7.24. The van der Waals surface area contributed by atoms with Gasteiger partial charge in [0.25, 0.3) is 0 Å². The Kier molecular flexibility index (Phi) is 4.52. The van der Waals surface area contributed by atoms with Crippen molar-refractivity contribution in [1.82, 2.24) is 9.80 Å². The van der Waals surface area contributed by atoms with Crippen LogP contribution >= 0.6 is 0 Å². The molecule has 6 nitrogen and oxygen atoms in total. The van der Waals surface area contributed by atoms with Crippen LogP contribution in [0.5, 0.6) is 0 Å². The maximum absolute atomic E-state index is 12.5. The predicted octanol–water partition coefficient (Wildman–Crippen LogP) is 0.846. The van der Waals surface area contributed by atoms with Gasteiger partial charge in [-0.1, -0.05) is 11.6 Å². The monoisotopic (exact) mass is 282 g/mol. The lowest BCUT2D eigenvalue weighted by Gasteiger charge is -2.33. The Morgan fingerprint density at radius 1 is 1.25 bits per heavy atom.